The predicted octanol–water partition coefficient (Wildman–Crippen LogP) is 1.87. The summed E-state index contributed by atoms with van der Waals surface area (Å²) < 4.78 is 0. The minimum Gasteiger partial charge on any atom is -0.394 e. The highest BCUT2D eigenvalue weighted by Gasteiger charge is 2.19. The van der Waals surface area contributed by atoms with E-state index in [1.165, 1.54) is 0 Å². The molecule has 5 heteroatoms. The number of aryl methyl sites for hydroxylation is 1. The molecular weight excluding hydrogens is 302 g/mol. The molecule has 2 aromatic rings. The summed E-state index contributed by atoms with van der Waals surface area (Å²) >= 11 is 0. The number of unbranched alkanes of at least 4 members (excludes halogenated alkanes) is 1. The number of aromatic nitrogens is 2. The third-order valence-electron chi connectivity index (χ3n) is 4.04. The first-order valence-corrected chi connectivity index (χ1v) is 8.59. The molecule has 1 aromatic carbocycles. The van der Waals surface area contributed by atoms with Crippen LogP contribution in [0.1, 0.15) is 36.7 Å². The van der Waals surface area contributed by atoms with E-state index in [0.29, 0.717) is 13.0 Å². The second kappa shape index (κ2) is 10.1. The Bertz CT molecular complexity index is 575. The fraction of sp³-hybridized carbons (Fsp3) is 0.474. The van der Waals surface area contributed by atoms with Gasteiger partial charge < -0.3 is 15.5 Å². The van der Waals surface area contributed by atoms with E-state index in [-0.39, 0.29) is 12.6 Å². The maximum Gasteiger partial charge on any atom is 0.0927 e. The Morgan fingerprint density at radius 2 is 1.79 bits per heavy atom. The molecule has 0 aliphatic heterocycles. The third-order valence-corrected chi connectivity index (χ3v) is 4.04. The van der Waals surface area contributed by atoms with E-state index in [1.807, 2.05) is 36.5 Å². The average Bonchev–Trinajstić information content (AvgIpc) is 2.64. The molecule has 1 heterocycles. The largest absolute Gasteiger partial charge is 0.394 e. The molecule has 1 aromatic heterocycles. The number of hydrogen-bond acceptors (Lipinski definition) is 5. The zero-order valence-electron chi connectivity index (χ0n) is 14.2. The van der Waals surface area contributed by atoms with Crippen molar-refractivity contribution in [1.29, 1.82) is 0 Å². The summed E-state index contributed by atoms with van der Waals surface area (Å²) in [5.74, 6) is 0. The Hall–Kier alpha value is -1.82. The molecule has 0 fully saturated rings. The van der Waals surface area contributed by atoms with E-state index in [1.54, 1.807) is 6.20 Å². The van der Waals surface area contributed by atoms with Gasteiger partial charge in [-0.25, -0.2) is 0 Å². The van der Waals surface area contributed by atoms with Crippen LogP contribution in [0.25, 0.3) is 0 Å². The fourth-order valence-corrected chi connectivity index (χ4v) is 2.52. The first-order chi connectivity index (χ1) is 11.7. The van der Waals surface area contributed by atoms with E-state index in [4.69, 9.17) is 0 Å². The molecule has 0 amide bonds. The number of aliphatic hydroxyl groups excluding tert-OH is 2. The van der Waals surface area contributed by atoms with Crippen LogP contribution in [0, 0.1) is 0 Å². The number of rotatable bonds is 10. The van der Waals surface area contributed by atoms with Crippen molar-refractivity contribution < 1.29 is 10.2 Å². The lowest BCUT2D eigenvalue weighted by Gasteiger charge is -2.22. The van der Waals surface area contributed by atoms with Gasteiger partial charge in [0.05, 0.1) is 24.1 Å². The van der Waals surface area contributed by atoms with Crippen LogP contribution in [-0.2, 0) is 19.4 Å². The Kier molecular flexibility index (Phi) is 7.82. The molecule has 2 atom stereocenters. The van der Waals surface area contributed by atoms with Crippen LogP contribution in [-0.4, -0.2) is 38.9 Å². The van der Waals surface area contributed by atoms with E-state index in [0.717, 1.165) is 36.2 Å². The van der Waals surface area contributed by atoms with Crippen LogP contribution in [0.2, 0.25) is 0 Å². The van der Waals surface area contributed by atoms with Crippen LogP contribution in [0.15, 0.2) is 42.7 Å². The third kappa shape index (κ3) is 6.00. The van der Waals surface area contributed by atoms with Crippen LogP contribution < -0.4 is 5.32 Å². The molecule has 0 bridgehead atoms. The highest BCUT2D eigenvalue weighted by Crippen LogP contribution is 2.07. The molecule has 0 aliphatic carbocycles. The fourth-order valence-electron chi connectivity index (χ4n) is 2.52. The van der Waals surface area contributed by atoms with Crippen molar-refractivity contribution >= 4 is 0 Å². The predicted molar refractivity (Wildman–Crippen MR) is 94.5 cm³/mol. The molecular formula is C19H27N3O2. The van der Waals surface area contributed by atoms with Crippen LogP contribution >= 0.6 is 0 Å². The lowest BCUT2D eigenvalue weighted by atomic mass is 10.1. The molecule has 3 N–H and O–H groups in total. The van der Waals surface area contributed by atoms with E-state index < -0.39 is 6.10 Å². The summed E-state index contributed by atoms with van der Waals surface area (Å²) in [5, 5.41) is 22.7. The summed E-state index contributed by atoms with van der Waals surface area (Å²) in [7, 11) is 0. The van der Waals surface area contributed by atoms with Crippen LogP contribution in [0.5, 0.6) is 0 Å². The molecule has 0 radical (unpaired) electrons. The minimum atomic E-state index is -0.838. The molecule has 130 valence electrons. The lowest BCUT2D eigenvalue weighted by Crippen LogP contribution is -2.43. The maximum atomic E-state index is 10.1. The minimum absolute atomic E-state index is 0.272. The summed E-state index contributed by atoms with van der Waals surface area (Å²) in [6.45, 7) is 2.50. The molecule has 0 aliphatic rings. The van der Waals surface area contributed by atoms with Crippen LogP contribution in [0.4, 0.5) is 0 Å². The van der Waals surface area contributed by atoms with Crippen molar-refractivity contribution in [3.8, 4) is 0 Å². The highest BCUT2D eigenvalue weighted by atomic mass is 16.3. The smallest absolute Gasteiger partial charge is 0.0927 e. The first kappa shape index (κ1) is 18.5. The van der Waals surface area contributed by atoms with Crippen molar-refractivity contribution in [3.63, 3.8) is 0 Å². The van der Waals surface area contributed by atoms with Gasteiger partial charge in [0.1, 0.15) is 0 Å². The van der Waals surface area contributed by atoms with E-state index in [2.05, 4.69) is 22.2 Å². The number of aliphatic hydroxyl groups is 2. The zero-order chi connectivity index (χ0) is 17.2. The summed E-state index contributed by atoms with van der Waals surface area (Å²) in [5.41, 5.74) is 2.94. The van der Waals surface area contributed by atoms with Gasteiger partial charge in [0.2, 0.25) is 0 Å². The number of hydrogen-bond donors (Lipinski definition) is 3. The topological polar surface area (TPSA) is 78.3 Å². The van der Waals surface area contributed by atoms with Gasteiger partial charge in [0.15, 0.2) is 0 Å². The highest BCUT2D eigenvalue weighted by molar-refractivity contribution is 5.14. The van der Waals surface area contributed by atoms with Gasteiger partial charge in [-0.05, 0) is 18.4 Å². The zero-order valence-corrected chi connectivity index (χ0v) is 14.2. The number of nitrogens with zero attached hydrogens (tertiary/aromatic N) is 2. The average molecular weight is 329 g/mol. The van der Waals surface area contributed by atoms with E-state index in [9.17, 15) is 10.2 Å². The number of benzene rings is 1. The molecule has 0 spiro atoms. The molecule has 0 unspecified atom stereocenters. The summed E-state index contributed by atoms with van der Waals surface area (Å²) in [4.78, 5) is 8.89. The Morgan fingerprint density at radius 1 is 1.08 bits per heavy atom. The number of nitrogens with one attached hydrogen (secondary N) is 1. The monoisotopic (exact) mass is 329 g/mol. The Balaban J connectivity index is 1.95. The van der Waals surface area contributed by atoms with Gasteiger partial charge in [-0.15, -0.1) is 0 Å². The van der Waals surface area contributed by atoms with Crippen molar-refractivity contribution in [1.82, 2.24) is 15.3 Å². The summed E-state index contributed by atoms with van der Waals surface area (Å²) in [6.07, 6.45) is 6.46. The van der Waals surface area contributed by atoms with Gasteiger partial charge in [0.25, 0.3) is 0 Å². The van der Waals surface area contributed by atoms with Crippen molar-refractivity contribution in [2.24, 2.45) is 0 Å². The lowest BCUT2D eigenvalue weighted by molar-refractivity contribution is 0.0618. The van der Waals surface area contributed by atoms with Crippen molar-refractivity contribution in [3.05, 3.63) is 59.7 Å². The molecule has 24 heavy (non-hydrogen) atoms. The standard InChI is InChI=1S/C19H27N3O2/c1-2-3-9-16-12-21-17(13-20-16)10-18(19(24)14-23)22-11-15-7-5-4-6-8-15/h4-8,12-13,18-19,22-24H,2-3,9-11,14H2,1H3/t18-,19+/m0/s1. The summed E-state index contributed by atoms with van der Waals surface area (Å²) in [6, 6.07) is 9.71. The first-order valence-electron chi connectivity index (χ1n) is 8.59. The van der Waals surface area contributed by atoms with Gasteiger partial charge in [-0.1, -0.05) is 43.7 Å². The second-order valence-corrected chi connectivity index (χ2v) is 6.03. The second-order valence-electron chi connectivity index (χ2n) is 6.03. The van der Waals surface area contributed by atoms with E-state index >= 15 is 0 Å². The van der Waals surface area contributed by atoms with Crippen molar-refractivity contribution in [2.45, 2.75) is 51.3 Å². The van der Waals surface area contributed by atoms with Crippen molar-refractivity contribution in [2.75, 3.05) is 6.61 Å². The molecule has 5 nitrogen and oxygen atoms in total. The molecule has 0 saturated heterocycles. The van der Waals surface area contributed by atoms with Gasteiger partial charge >= 0.3 is 0 Å². The van der Waals surface area contributed by atoms with Gasteiger partial charge in [0, 0.05) is 31.4 Å². The Labute approximate surface area is 143 Å². The Morgan fingerprint density at radius 3 is 2.42 bits per heavy atom. The molecule has 0 saturated carbocycles. The van der Waals surface area contributed by atoms with Crippen LogP contribution in [0.3, 0.4) is 0 Å². The van der Waals surface area contributed by atoms with Gasteiger partial charge in [-0.3, -0.25) is 9.97 Å². The SMILES string of the molecule is CCCCc1cnc(C[C@H](NCc2ccccc2)[C@H](O)CO)cn1. The maximum absolute atomic E-state index is 10.1. The van der Waals surface area contributed by atoms with Gasteiger partial charge in [-0.2, -0.15) is 0 Å². The molecule has 2 rings (SSSR count). The normalized spacial score (nSPS) is 13.6. The quantitative estimate of drug-likeness (QED) is 0.620.